The molecule has 1 aliphatic heterocycles. The summed E-state index contributed by atoms with van der Waals surface area (Å²) in [7, 11) is 0. The predicted octanol–water partition coefficient (Wildman–Crippen LogP) is 1.54. The Morgan fingerprint density at radius 1 is 1.09 bits per heavy atom. The monoisotopic (exact) mass is 315 g/mol. The van der Waals surface area contributed by atoms with E-state index in [-0.39, 0.29) is 0 Å². The van der Waals surface area contributed by atoms with Crippen molar-refractivity contribution in [1.29, 1.82) is 0 Å². The molecule has 6 rings (SSSR count). The molecule has 5 saturated carbocycles. The second-order valence-corrected chi connectivity index (χ2v) is 9.67. The average Bonchev–Trinajstić information content (AvgIpc) is 3.04. The van der Waals surface area contributed by atoms with Gasteiger partial charge in [0, 0.05) is 13.1 Å². The average molecular weight is 315 g/mol. The number of nitrogens with two attached hydrogens (primary N) is 1. The normalized spacial score (nSPS) is 59.2. The molecular weight excluding hydrogens is 286 g/mol. The molecule has 0 amide bonds. The molecule has 0 aromatic rings. The maximum Gasteiger partial charge on any atom is 0.191 e. The number of rotatable bonds is 2. The van der Waals surface area contributed by atoms with E-state index in [4.69, 9.17) is 10.7 Å². The van der Waals surface area contributed by atoms with Crippen LogP contribution in [0.4, 0.5) is 0 Å². The number of nitrogens with zero attached hydrogens (tertiary/aromatic N) is 2. The van der Waals surface area contributed by atoms with Gasteiger partial charge in [0.15, 0.2) is 5.96 Å². The van der Waals surface area contributed by atoms with Gasteiger partial charge in [0.25, 0.3) is 0 Å². The smallest absolute Gasteiger partial charge is 0.191 e. The Morgan fingerprint density at radius 2 is 1.78 bits per heavy atom. The Morgan fingerprint density at radius 3 is 2.57 bits per heavy atom. The van der Waals surface area contributed by atoms with E-state index >= 15 is 0 Å². The van der Waals surface area contributed by atoms with Gasteiger partial charge in [-0.2, -0.15) is 0 Å². The number of guanidine groups is 1. The van der Waals surface area contributed by atoms with Crippen molar-refractivity contribution in [3.05, 3.63) is 0 Å². The number of hydrogen-bond donors (Lipinski definition) is 2. The lowest BCUT2D eigenvalue weighted by Gasteiger charge is -2.51. The second-order valence-electron chi connectivity index (χ2n) is 9.67. The summed E-state index contributed by atoms with van der Waals surface area (Å²) < 4.78 is 0. The Bertz CT molecular complexity index is 577. The SMILES string of the molecule is CC1CCN(C(N)=NCC2(O)C3C4CC5C6C4CC3C6C52)CC1. The van der Waals surface area contributed by atoms with Gasteiger partial charge in [-0.1, -0.05) is 6.92 Å². The minimum absolute atomic E-state index is 0.516. The topological polar surface area (TPSA) is 61.8 Å². The highest BCUT2D eigenvalue weighted by Crippen LogP contribution is 2.85. The van der Waals surface area contributed by atoms with Gasteiger partial charge in [0.2, 0.25) is 0 Å². The van der Waals surface area contributed by atoms with Gasteiger partial charge >= 0.3 is 0 Å². The highest BCUT2D eigenvalue weighted by atomic mass is 16.3. The standard InChI is InChI=1S/C19H29N3O/c1-9-2-4-22(5-3-9)18(20)21-8-19(23)16-11-7-12-14-10(11)6-13(16)15(14)17(12)19/h9-17,23H,2-8H2,1H3,(H2,20,21). The number of fused-ring (bicyclic) bond motifs is 2. The summed E-state index contributed by atoms with van der Waals surface area (Å²) >= 11 is 0. The summed E-state index contributed by atoms with van der Waals surface area (Å²) in [5.74, 6) is 7.90. The Labute approximate surface area is 138 Å². The van der Waals surface area contributed by atoms with Crippen molar-refractivity contribution in [2.24, 2.45) is 64.0 Å². The minimum Gasteiger partial charge on any atom is -0.387 e. The zero-order valence-electron chi connectivity index (χ0n) is 14.1. The third-order valence-corrected chi connectivity index (χ3v) is 9.12. The van der Waals surface area contributed by atoms with E-state index in [9.17, 15) is 5.11 Å². The molecule has 5 aliphatic carbocycles. The van der Waals surface area contributed by atoms with Gasteiger partial charge < -0.3 is 15.7 Å². The Kier molecular flexibility index (Phi) is 2.39. The molecule has 23 heavy (non-hydrogen) atoms. The molecule has 4 nitrogen and oxygen atoms in total. The fraction of sp³-hybridized carbons (Fsp3) is 0.947. The van der Waals surface area contributed by atoms with Gasteiger partial charge in [-0.25, -0.2) is 0 Å². The van der Waals surface area contributed by atoms with E-state index in [1.165, 1.54) is 25.7 Å². The van der Waals surface area contributed by atoms with Crippen LogP contribution in [0.1, 0.15) is 32.6 Å². The van der Waals surface area contributed by atoms with Gasteiger partial charge in [-0.15, -0.1) is 0 Å². The van der Waals surface area contributed by atoms with Crippen LogP contribution in [0.2, 0.25) is 0 Å². The number of aliphatic imine (C=N–C) groups is 1. The van der Waals surface area contributed by atoms with E-state index in [0.29, 0.717) is 24.3 Å². The first kappa shape index (κ1) is 13.5. The van der Waals surface area contributed by atoms with E-state index in [2.05, 4.69) is 11.8 Å². The van der Waals surface area contributed by atoms with Crippen molar-refractivity contribution in [2.45, 2.75) is 38.2 Å². The summed E-state index contributed by atoms with van der Waals surface area (Å²) in [5.41, 5.74) is 5.77. The zero-order chi connectivity index (χ0) is 15.5. The molecule has 126 valence electrons. The number of hydrogen-bond acceptors (Lipinski definition) is 2. The summed E-state index contributed by atoms with van der Waals surface area (Å²) in [4.78, 5) is 6.97. The van der Waals surface area contributed by atoms with E-state index < -0.39 is 5.60 Å². The zero-order valence-corrected chi connectivity index (χ0v) is 14.1. The molecule has 0 radical (unpaired) electrons. The number of piperidine rings is 1. The molecule has 0 aromatic heterocycles. The Hall–Kier alpha value is -0.770. The second kappa shape index (κ2) is 4.07. The van der Waals surface area contributed by atoms with Crippen molar-refractivity contribution in [1.82, 2.24) is 4.90 Å². The van der Waals surface area contributed by atoms with Crippen molar-refractivity contribution in [3.63, 3.8) is 0 Å². The Balaban J connectivity index is 1.23. The van der Waals surface area contributed by atoms with Crippen molar-refractivity contribution < 1.29 is 5.11 Å². The van der Waals surface area contributed by atoms with Crippen LogP contribution in [0, 0.1) is 53.3 Å². The molecule has 6 aliphatic rings. The van der Waals surface area contributed by atoms with Gasteiger partial charge in [-0.3, -0.25) is 4.99 Å². The highest BCUT2D eigenvalue weighted by Gasteiger charge is 2.84. The maximum absolute atomic E-state index is 11.6. The first-order valence-electron chi connectivity index (χ1n) is 9.87. The number of likely N-dealkylation sites (tertiary alicyclic amines) is 1. The van der Waals surface area contributed by atoms with Crippen molar-refractivity contribution >= 4 is 5.96 Å². The lowest BCUT2D eigenvalue weighted by Crippen LogP contribution is -2.56. The molecule has 3 N–H and O–H groups in total. The fourth-order valence-electron chi connectivity index (χ4n) is 8.48. The van der Waals surface area contributed by atoms with Crippen LogP contribution < -0.4 is 5.73 Å². The summed E-state index contributed by atoms with van der Waals surface area (Å²) in [5, 5.41) is 11.6. The van der Waals surface area contributed by atoms with Crippen LogP contribution in [0.3, 0.4) is 0 Å². The molecule has 6 fully saturated rings. The molecular formula is C19H29N3O. The van der Waals surface area contributed by atoms with Crippen LogP contribution in [-0.4, -0.2) is 41.2 Å². The fourth-order valence-corrected chi connectivity index (χ4v) is 8.48. The molecule has 2 bridgehead atoms. The molecule has 1 saturated heterocycles. The van der Waals surface area contributed by atoms with E-state index in [1.807, 2.05) is 0 Å². The van der Waals surface area contributed by atoms with E-state index in [1.54, 1.807) is 0 Å². The molecule has 1 heterocycles. The lowest BCUT2D eigenvalue weighted by atomic mass is 9.56. The molecule has 9 unspecified atom stereocenters. The lowest BCUT2D eigenvalue weighted by molar-refractivity contribution is -0.123. The minimum atomic E-state index is -0.516. The third kappa shape index (κ3) is 1.39. The predicted molar refractivity (Wildman–Crippen MR) is 88.6 cm³/mol. The first-order chi connectivity index (χ1) is 11.1. The van der Waals surface area contributed by atoms with Crippen LogP contribution >= 0.6 is 0 Å². The number of aliphatic hydroxyl groups is 1. The highest BCUT2D eigenvalue weighted by molar-refractivity contribution is 5.78. The van der Waals surface area contributed by atoms with Crippen LogP contribution in [0.15, 0.2) is 4.99 Å². The third-order valence-electron chi connectivity index (χ3n) is 9.12. The van der Waals surface area contributed by atoms with E-state index in [0.717, 1.165) is 54.5 Å². The van der Waals surface area contributed by atoms with Crippen LogP contribution in [0.25, 0.3) is 0 Å². The van der Waals surface area contributed by atoms with Gasteiger partial charge in [0.05, 0.1) is 12.1 Å². The van der Waals surface area contributed by atoms with Crippen LogP contribution in [-0.2, 0) is 0 Å². The van der Waals surface area contributed by atoms with Crippen molar-refractivity contribution in [2.75, 3.05) is 19.6 Å². The summed E-state index contributed by atoms with van der Waals surface area (Å²) in [6.07, 6.45) is 5.26. The van der Waals surface area contributed by atoms with Gasteiger partial charge in [-0.05, 0) is 78.9 Å². The van der Waals surface area contributed by atoms with Crippen molar-refractivity contribution in [3.8, 4) is 0 Å². The first-order valence-corrected chi connectivity index (χ1v) is 9.87. The quantitative estimate of drug-likeness (QED) is 0.600. The maximum atomic E-state index is 11.6. The molecule has 4 heteroatoms. The molecule has 0 spiro atoms. The summed E-state index contributed by atoms with van der Waals surface area (Å²) in [6, 6.07) is 0. The molecule has 0 aromatic carbocycles. The largest absolute Gasteiger partial charge is 0.387 e. The summed E-state index contributed by atoms with van der Waals surface area (Å²) in [6.45, 7) is 4.95. The van der Waals surface area contributed by atoms with Gasteiger partial charge in [0.1, 0.15) is 0 Å². The molecule has 9 atom stereocenters. The van der Waals surface area contributed by atoms with Crippen LogP contribution in [0.5, 0.6) is 0 Å².